The molecule has 20 heavy (non-hydrogen) atoms. The summed E-state index contributed by atoms with van der Waals surface area (Å²) in [5, 5.41) is 6.95. The van der Waals surface area contributed by atoms with Gasteiger partial charge in [0.15, 0.2) is 10.6 Å². The Bertz CT molecular complexity index is 757. The van der Waals surface area contributed by atoms with E-state index in [-0.39, 0.29) is 5.56 Å². The molecule has 2 N–H and O–H groups in total. The second-order valence-electron chi connectivity index (χ2n) is 5.10. The molecule has 0 saturated heterocycles. The molecule has 0 radical (unpaired) electrons. The lowest BCUT2D eigenvalue weighted by Crippen LogP contribution is -2.29. The Morgan fingerprint density at radius 2 is 2.30 bits per heavy atom. The molecule has 0 bridgehead atoms. The fourth-order valence-electron chi connectivity index (χ4n) is 2.63. The summed E-state index contributed by atoms with van der Waals surface area (Å²) in [6.45, 7) is 4.47. The van der Waals surface area contributed by atoms with E-state index >= 15 is 0 Å². The molecule has 0 fully saturated rings. The molecule has 3 heterocycles. The van der Waals surface area contributed by atoms with Crippen LogP contribution in [-0.2, 0) is 19.5 Å². The van der Waals surface area contributed by atoms with Crippen molar-refractivity contribution in [3.8, 4) is 11.4 Å². The Morgan fingerprint density at radius 3 is 3.05 bits per heavy atom. The number of hydrogen-bond acceptors (Lipinski definition) is 4. The molecule has 1 aliphatic rings. The van der Waals surface area contributed by atoms with Crippen molar-refractivity contribution < 1.29 is 0 Å². The van der Waals surface area contributed by atoms with E-state index in [0.29, 0.717) is 22.7 Å². The maximum atomic E-state index is 12.3. The first kappa shape index (κ1) is 13.3. The summed E-state index contributed by atoms with van der Waals surface area (Å²) in [6.07, 6.45) is 0.877. The molecule has 2 aromatic heterocycles. The van der Waals surface area contributed by atoms with Gasteiger partial charge in [0.05, 0.1) is 5.56 Å². The predicted molar refractivity (Wildman–Crippen MR) is 79.2 cm³/mol. The zero-order valence-electron chi connectivity index (χ0n) is 11.6. The van der Waals surface area contributed by atoms with Crippen LogP contribution in [0.4, 0.5) is 0 Å². The van der Waals surface area contributed by atoms with E-state index in [4.69, 9.17) is 12.2 Å². The number of hydrogen-bond donors (Lipinski definition) is 2. The summed E-state index contributed by atoms with van der Waals surface area (Å²) in [5.74, 6) is 0.606. The molecule has 0 unspecified atom stereocenters. The van der Waals surface area contributed by atoms with Crippen molar-refractivity contribution in [3.05, 3.63) is 32.4 Å². The van der Waals surface area contributed by atoms with Crippen molar-refractivity contribution in [1.82, 2.24) is 24.6 Å². The second kappa shape index (κ2) is 4.99. The molecule has 0 aliphatic carbocycles. The standard InChI is InChI=1S/C13H17N5OS/c1-3-18-11(15-16-13(18)20)9-6-8-7-17(2)5-4-10(8)14-12(9)19/h6H,3-5,7H2,1-2H3,(H,14,19)(H,16,20). The highest BCUT2D eigenvalue weighted by Crippen LogP contribution is 2.20. The number of aromatic amines is 2. The highest BCUT2D eigenvalue weighted by Gasteiger charge is 2.19. The molecule has 0 amide bonds. The van der Waals surface area contributed by atoms with Gasteiger partial charge >= 0.3 is 0 Å². The summed E-state index contributed by atoms with van der Waals surface area (Å²) >= 11 is 5.18. The zero-order valence-corrected chi connectivity index (χ0v) is 12.4. The van der Waals surface area contributed by atoms with Crippen LogP contribution >= 0.6 is 12.2 Å². The molecule has 0 aromatic carbocycles. The van der Waals surface area contributed by atoms with Crippen LogP contribution in [0.1, 0.15) is 18.2 Å². The van der Waals surface area contributed by atoms with Gasteiger partial charge in [-0.1, -0.05) is 0 Å². The SMILES string of the molecule is CCn1c(-c2cc3c([nH]c2=O)CCN(C)C3)n[nH]c1=S. The van der Waals surface area contributed by atoms with Gasteiger partial charge in [0.2, 0.25) is 0 Å². The molecule has 0 saturated carbocycles. The van der Waals surface area contributed by atoms with Crippen molar-refractivity contribution in [2.75, 3.05) is 13.6 Å². The normalized spacial score (nSPS) is 15.3. The number of fused-ring (bicyclic) bond motifs is 1. The summed E-state index contributed by atoms with van der Waals surface area (Å²) < 4.78 is 2.37. The second-order valence-corrected chi connectivity index (χ2v) is 5.49. The number of nitrogens with zero attached hydrogens (tertiary/aromatic N) is 3. The Kier molecular flexibility index (Phi) is 3.31. The van der Waals surface area contributed by atoms with E-state index in [1.807, 2.05) is 17.6 Å². The van der Waals surface area contributed by atoms with E-state index in [1.165, 1.54) is 0 Å². The van der Waals surface area contributed by atoms with Crippen molar-refractivity contribution in [2.45, 2.75) is 26.4 Å². The largest absolute Gasteiger partial charge is 0.325 e. The lowest BCUT2D eigenvalue weighted by Gasteiger charge is -2.24. The minimum absolute atomic E-state index is 0.1000. The Hall–Kier alpha value is -1.73. The quantitative estimate of drug-likeness (QED) is 0.818. The van der Waals surface area contributed by atoms with E-state index in [2.05, 4.69) is 27.1 Å². The number of aromatic nitrogens is 4. The van der Waals surface area contributed by atoms with Crippen LogP contribution in [-0.4, -0.2) is 38.2 Å². The molecule has 106 valence electrons. The Labute approximate surface area is 121 Å². The van der Waals surface area contributed by atoms with E-state index in [9.17, 15) is 4.79 Å². The molecule has 2 aromatic rings. The Morgan fingerprint density at radius 1 is 1.50 bits per heavy atom. The third-order valence-corrected chi connectivity index (χ3v) is 4.03. The number of H-pyrrole nitrogens is 2. The van der Waals surface area contributed by atoms with Gasteiger partial charge < -0.3 is 14.5 Å². The zero-order chi connectivity index (χ0) is 14.3. The summed E-state index contributed by atoms with van der Waals surface area (Å²) in [6, 6.07) is 1.95. The first-order valence-electron chi connectivity index (χ1n) is 6.69. The van der Waals surface area contributed by atoms with Crippen LogP contribution in [0.5, 0.6) is 0 Å². The number of nitrogens with one attached hydrogen (secondary N) is 2. The van der Waals surface area contributed by atoms with Crippen LogP contribution in [0.2, 0.25) is 0 Å². The van der Waals surface area contributed by atoms with E-state index < -0.39 is 0 Å². The van der Waals surface area contributed by atoms with Crippen molar-refractivity contribution in [2.24, 2.45) is 0 Å². The van der Waals surface area contributed by atoms with Crippen molar-refractivity contribution in [3.63, 3.8) is 0 Å². The predicted octanol–water partition coefficient (Wildman–Crippen LogP) is 1.30. The highest BCUT2D eigenvalue weighted by atomic mass is 32.1. The van der Waals surface area contributed by atoms with Gasteiger partial charge in [0.1, 0.15) is 0 Å². The first-order chi connectivity index (χ1) is 9.60. The smallest absolute Gasteiger partial charge is 0.259 e. The molecule has 0 spiro atoms. The minimum atomic E-state index is -0.1000. The van der Waals surface area contributed by atoms with Crippen LogP contribution in [0.3, 0.4) is 0 Å². The van der Waals surface area contributed by atoms with Gasteiger partial charge in [-0.2, -0.15) is 5.10 Å². The molecular weight excluding hydrogens is 274 g/mol. The topological polar surface area (TPSA) is 69.7 Å². The average molecular weight is 291 g/mol. The molecule has 7 heteroatoms. The van der Waals surface area contributed by atoms with Crippen LogP contribution < -0.4 is 5.56 Å². The summed E-state index contributed by atoms with van der Waals surface area (Å²) in [5.41, 5.74) is 2.67. The van der Waals surface area contributed by atoms with E-state index in [1.54, 1.807) is 0 Å². The van der Waals surface area contributed by atoms with Crippen molar-refractivity contribution in [1.29, 1.82) is 0 Å². The van der Waals surface area contributed by atoms with Crippen LogP contribution in [0.15, 0.2) is 10.9 Å². The molecule has 3 rings (SSSR count). The first-order valence-corrected chi connectivity index (χ1v) is 7.10. The minimum Gasteiger partial charge on any atom is -0.325 e. The molecule has 6 nitrogen and oxygen atoms in total. The molecule has 0 atom stereocenters. The maximum Gasteiger partial charge on any atom is 0.259 e. The lowest BCUT2D eigenvalue weighted by atomic mass is 10.0. The third kappa shape index (κ3) is 2.12. The Balaban J connectivity index is 2.17. The third-order valence-electron chi connectivity index (χ3n) is 3.71. The number of likely N-dealkylation sites (N-methyl/N-ethyl adjacent to an activating group) is 1. The van der Waals surface area contributed by atoms with Crippen molar-refractivity contribution >= 4 is 12.2 Å². The maximum absolute atomic E-state index is 12.3. The van der Waals surface area contributed by atoms with E-state index in [0.717, 1.165) is 30.8 Å². The summed E-state index contributed by atoms with van der Waals surface area (Å²) in [7, 11) is 2.08. The average Bonchev–Trinajstić information content (AvgIpc) is 2.79. The molecular formula is C13H17N5OS. The fourth-order valence-corrected chi connectivity index (χ4v) is 2.89. The van der Waals surface area contributed by atoms with Crippen LogP contribution in [0, 0.1) is 4.77 Å². The number of rotatable bonds is 2. The monoisotopic (exact) mass is 291 g/mol. The van der Waals surface area contributed by atoms with Gasteiger partial charge in [-0.05, 0) is 37.8 Å². The number of pyridine rings is 1. The highest BCUT2D eigenvalue weighted by molar-refractivity contribution is 7.71. The van der Waals surface area contributed by atoms with Gasteiger partial charge in [-0.25, -0.2) is 0 Å². The van der Waals surface area contributed by atoms with Gasteiger partial charge in [-0.15, -0.1) is 0 Å². The fraction of sp³-hybridized carbons (Fsp3) is 0.462. The molecule has 1 aliphatic heterocycles. The lowest BCUT2D eigenvalue weighted by molar-refractivity contribution is 0.309. The van der Waals surface area contributed by atoms with Gasteiger partial charge in [-0.3, -0.25) is 9.89 Å². The summed E-state index contributed by atoms with van der Waals surface area (Å²) in [4.78, 5) is 17.5. The van der Waals surface area contributed by atoms with Gasteiger partial charge in [0, 0.05) is 31.7 Å². The van der Waals surface area contributed by atoms with Crippen LogP contribution in [0.25, 0.3) is 11.4 Å². The van der Waals surface area contributed by atoms with Gasteiger partial charge in [0.25, 0.3) is 5.56 Å².